The van der Waals surface area contributed by atoms with Crippen LogP contribution >= 0.6 is 11.3 Å². The standard InChI is InChI=1S/C9H15N3O2S/c1-12(2)5-3-4-10-9-11-7(6-15-9)8(13)14/h6H,3-5H2,1-2H3,(H,10,11)(H,13,14). The van der Waals surface area contributed by atoms with Gasteiger partial charge in [-0.15, -0.1) is 11.3 Å². The Labute approximate surface area is 92.7 Å². The Bertz CT molecular complexity index is 325. The van der Waals surface area contributed by atoms with E-state index < -0.39 is 5.97 Å². The minimum Gasteiger partial charge on any atom is -0.476 e. The Morgan fingerprint density at radius 3 is 2.93 bits per heavy atom. The van der Waals surface area contributed by atoms with Crippen LogP contribution in [-0.4, -0.2) is 48.1 Å². The minimum atomic E-state index is -0.979. The number of hydrogen-bond acceptors (Lipinski definition) is 5. The van der Waals surface area contributed by atoms with Crippen molar-refractivity contribution < 1.29 is 9.90 Å². The topological polar surface area (TPSA) is 65.5 Å². The zero-order valence-corrected chi connectivity index (χ0v) is 9.67. The lowest BCUT2D eigenvalue weighted by atomic mass is 10.4. The SMILES string of the molecule is CN(C)CCCNc1nc(C(=O)O)cs1. The summed E-state index contributed by atoms with van der Waals surface area (Å²) in [5.41, 5.74) is 0.107. The summed E-state index contributed by atoms with van der Waals surface area (Å²) in [6, 6.07) is 0. The number of hydrogen-bond donors (Lipinski definition) is 2. The molecule has 0 amide bonds. The second-order valence-corrected chi connectivity index (χ2v) is 4.28. The average molecular weight is 229 g/mol. The van der Waals surface area contributed by atoms with E-state index in [1.54, 1.807) is 0 Å². The Hall–Kier alpha value is -1.14. The Balaban J connectivity index is 2.29. The number of nitrogens with zero attached hydrogens (tertiary/aromatic N) is 2. The average Bonchev–Trinajstić information content (AvgIpc) is 2.60. The van der Waals surface area contributed by atoms with E-state index in [4.69, 9.17) is 5.11 Å². The van der Waals surface area contributed by atoms with Crippen LogP contribution in [0.2, 0.25) is 0 Å². The zero-order chi connectivity index (χ0) is 11.3. The van der Waals surface area contributed by atoms with Gasteiger partial charge in [0.05, 0.1) is 0 Å². The van der Waals surface area contributed by atoms with Crippen LogP contribution in [0.25, 0.3) is 0 Å². The largest absolute Gasteiger partial charge is 0.476 e. The lowest BCUT2D eigenvalue weighted by Crippen LogP contribution is -2.16. The van der Waals surface area contributed by atoms with Crippen LogP contribution in [0, 0.1) is 0 Å². The quantitative estimate of drug-likeness (QED) is 0.718. The van der Waals surface area contributed by atoms with Gasteiger partial charge in [0.1, 0.15) is 0 Å². The van der Waals surface area contributed by atoms with Gasteiger partial charge in [0.25, 0.3) is 0 Å². The molecule has 0 radical (unpaired) electrons. The summed E-state index contributed by atoms with van der Waals surface area (Å²) in [5.74, 6) is -0.979. The molecular formula is C9H15N3O2S. The van der Waals surface area contributed by atoms with Crippen LogP contribution in [0.15, 0.2) is 5.38 Å². The van der Waals surface area contributed by atoms with E-state index in [1.807, 2.05) is 14.1 Å². The number of thiazole rings is 1. The number of aromatic nitrogens is 1. The van der Waals surface area contributed by atoms with Crippen LogP contribution in [0.1, 0.15) is 16.9 Å². The third-order valence-electron chi connectivity index (χ3n) is 1.78. The molecule has 0 bridgehead atoms. The maximum atomic E-state index is 10.5. The molecule has 0 saturated heterocycles. The van der Waals surface area contributed by atoms with E-state index in [0.717, 1.165) is 19.5 Å². The molecule has 0 aromatic carbocycles. The monoisotopic (exact) mass is 229 g/mol. The summed E-state index contributed by atoms with van der Waals surface area (Å²) < 4.78 is 0. The molecule has 15 heavy (non-hydrogen) atoms. The van der Waals surface area contributed by atoms with Crippen LogP contribution in [0.4, 0.5) is 5.13 Å². The van der Waals surface area contributed by atoms with Crippen molar-refractivity contribution in [2.45, 2.75) is 6.42 Å². The van der Waals surface area contributed by atoms with Gasteiger partial charge in [-0.05, 0) is 27.1 Å². The molecule has 0 aliphatic carbocycles. The van der Waals surface area contributed by atoms with Crippen LogP contribution in [0.3, 0.4) is 0 Å². The molecule has 0 unspecified atom stereocenters. The van der Waals surface area contributed by atoms with E-state index in [9.17, 15) is 4.79 Å². The molecule has 0 saturated carbocycles. The number of anilines is 1. The Morgan fingerprint density at radius 2 is 2.40 bits per heavy atom. The van der Waals surface area contributed by atoms with E-state index in [0.29, 0.717) is 5.13 Å². The van der Waals surface area contributed by atoms with Gasteiger partial charge >= 0.3 is 5.97 Å². The molecule has 1 rings (SSSR count). The predicted molar refractivity (Wildman–Crippen MR) is 60.7 cm³/mol. The molecule has 1 aromatic rings. The highest BCUT2D eigenvalue weighted by molar-refractivity contribution is 7.13. The van der Waals surface area contributed by atoms with Crippen LogP contribution in [-0.2, 0) is 0 Å². The van der Waals surface area contributed by atoms with Gasteiger partial charge in [-0.1, -0.05) is 0 Å². The van der Waals surface area contributed by atoms with Crippen LogP contribution < -0.4 is 5.32 Å². The number of carboxylic acids is 1. The van der Waals surface area contributed by atoms with E-state index in [-0.39, 0.29) is 5.69 Å². The van der Waals surface area contributed by atoms with Crippen molar-refractivity contribution in [2.75, 3.05) is 32.5 Å². The third kappa shape index (κ3) is 4.26. The molecule has 0 aliphatic rings. The van der Waals surface area contributed by atoms with Crippen molar-refractivity contribution >= 4 is 22.4 Å². The summed E-state index contributed by atoms with van der Waals surface area (Å²) in [5, 5.41) is 14.0. The van der Waals surface area contributed by atoms with Gasteiger partial charge in [-0.2, -0.15) is 0 Å². The first-order valence-electron chi connectivity index (χ1n) is 4.67. The Morgan fingerprint density at radius 1 is 1.67 bits per heavy atom. The minimum absolute atomic E-state index is 0.107. The molecular weight excluding hydrogens is 214 g/mol. The maximum Gasteiger partial charge on any atom is 0.355 e. The van der Waals surface area contributed by atoms with E-state index in [1.165, 1.54) is 16.7 Å². The molecule has 1 heterocycles. The summed E-state index contributed by atoms with van der Waals surface area (Å²) in [6.45, 7) is 1.81. The lowest BCUT2D eigenvalue weighted by Gasteiger charge is -2.08. The first-order valence-corrected chi connectivity index (χ1v) is 5.55. The van der Waals surface area contributed by atoms with Crippen molar-refractivity contribution in [3.63, 3.8) is 0 Å². The normalized spacial score (nSPS) is 10.6. The Kier molecular flexibility index (Phi) is 4.51. The van der Waals surface area contributed by atoms with Gasteiger partial charge in [0.2, 0.25) is 0 Å². The molecule has 0 aliphatic heterocycles. The summed E-state index contributed by atoms with van der Waals surface area (Å²) >= 11 is 1.32. The smallest absolute Gasteiger partial charge is 0.355 e. The van der Waals surface area contributed by atoms with Crippen molar-refractivity contribution in [3.8, 4) is 0 Å². The maximum absolute atomic E-state index is 10.5. The highest BCUT2D eigenvalue weighted by Crippen LogP contribution is 2.14. The first kappa shape index (κ1) is 11.9. The van der Waals surface area contributed by atoms with E-state index >= 15 is 0 Å². The fourth-order valence-corrected chi connectivity index (χ4v) is 1.76. The second-order valence-electron chi connectivity index (χ2n) is 3.43. The van der Waals surface area contributed by atoms with Gasteiger partial charge in [0.15, 0.2) is 10.8 Å². The molecule has 5 nitrogen and oxygen atoms in total. The van der Waals surface area contributed by atoms with Gasteiger partial charge < -0.3 is 15.3 Å². The highest BCUT2D eigenvalue weighted by atomic mass is 32.1. The van der Waals surface area contributed by atoms with Gasteiger partial charge in [0, 0.05) is 11.9 Å². The number of nitrogens with one attached hydrogen (secondary N) is 1. The highest BCUT2D eigenvalue weighted by Gasteiger charge is 2.07. The van der Waals surface area contributed by atoms with Gasteiger partial charge in [-0.3, -0.25) is 0 Å². The molecule has 0 spiro atoms. The van der Waals surface area contributed by atoms with Gasteiger partial charge in [-0.25, -0.2) is 9.78 Å². The first-order chi connectivity index (χ1) is 7.09. The summed E-state index contributed by atoms with van der Waals surface area (Å²) in [6.07, 6.45) is 1.01. The number of rotatable bonds is 6. The molecule has 2 N–H and O–H groups in total. The molecule has 1 aromatic heterocycles. The second kappa shape index (κ2) is 5.67. The molecule has 6 heteroatoms. The van der Waals surface area contributed by atoms with Crippen molar-refractivity contribution in [1.82, 2.24) is 9.88 Å². The van der Waals surface area contributed by atoms with Crippen molar-refractivity contribution in [2.24, 2.45) is 0 Å². The van der Waals surface area contributed by atoms with Crippen molar-refractivity contribution in [1.29, 1.82) is 0 Å². The molecule has 0 fully saturated rings. The third-order valence-corrected chi connectivity index (χ3v) is 2.58. The fourth-order valence-electron chi connectivity index (χ4n) is 1.04. The number of aromatic carboxylic acids is 1. The summed E-state index contributed by atoms with van der Waals surface area (Å²) in [7, 11) is 4.04. The summed E-state index contributed by atoms with van der Waals surface area (Å²) in [4.78, 5) is 16.6. The fraction of sp³-hybridized carbons (Fsp3) is 0.556. The number of carbonyl (C=O) groups is 1. The van der Waals surface area contributed by atoms with Crippen molar-refractivity contribution in [3.05, 3.63) is 11.1 Å². The molecule has 84 valence electrons. The predicted octanol–water partition coefficient (Wildman–Crippen LogP) is 1.20. The number of carboxylic acid groups (broad SMARTS) is 1. The van der Waals surface area contributed by atoms with E-state index in [2.05, 4.69) is 15.2 Å². The van der Waals surface area contributed by atoms with Crippen LogP contribution in [0.5, 0.6) is 0 Å². The lowest BCUT2D eigenvalue weighted by molar-refractivity contribution is 0.0691. The zero-order valence-electron chi connectivity index (χ0n) is 8.86. The molecule has 0 atom stereocenters.